The number of hydrogen-bond donors (Lipinski definition) is 1. The van der Waals surface area contributed by atoms with Crippen LogP contribution in [0.5, 0.6) is 0 Å². The van der Waals surface area contributed by atoms with Gasteiger partial charge >= 0.3 is 0 Å². The van der Waals surface area contributed by atoms with Gasteiger partial charge in [0, 0.05) is 18.3 Å². The van der Waals surface area contributed by atoms with E-state index < -0.39 is 23.5 Å². The molecule has 6 aliphatic rings. The highest BCUT2D eigenvalue weighted by Gasteiger charge is 2.71. The smallest absolute Gasteiger partial charge is 0.250 e. The van der Waals surface area contributed by atoms with Crippen molar-refractivity contribution >= 4 is 11.8 Å². The molecule has 0 radical (unpaired) electrons. The van der Waals surface area contributed by atoms with Gasteiger partial charge < -0.3 is 4.74 Å². The minimum absolute atomic E-state index is 0.0278. The summed E-state index contributed by atoms with van der Waals surface area (Å²) >= 11 is 0. The van der Waals surface area contributed by atoms with Crippen LogP contribution in [0, 0.1) is 23.7 Å². The van der Waals surface area contributed by atoms with Crippen molar-refractivity contribution in [3.05, 3.63) is 59.7 Å². The number of benzene rings is 2. The lowest BCUT2D eigenvalue weighted by Gasteiger charge is -2.61. The second-order valence-electron chi connectivity index (χ2n) is 11.5. The molecule has 5 fully saturated rings. The predicted molar refractivity (Wildman–Crippen MR) is 131 cm³/mol. The first-order valence-electron chi connectivity index (χ1n) is 13.2. The van der Waals surface area contributed by atoms with Gasteiger partial charge in [-0.2, -0.15) is 0 Å². The fourth-order valence-electron chi connectivity index (χ4n) is 7.79. The van der Waals surface area contributed by atoms with Crippen LogP contribution in [-0.4, -0.2) is 34.4 Å². The first kappa shape index (κ1) is 22.5. The molecule has 2 aromatic carbocycles. The third-order valence-corrected chi connectivity index (χ3v) is 9.59. The van der Waals surface area contributed by atoms with E-state index in [-0.39, 0.29) is 29.6 Å². The Labute approximate surface area is 211 Å². The van der Waals surface area contributed by atoms with E-state index >= 15 is 0 Å². The lowest BCUT2D eigenvalue weighted by Crippen LogP contribution is -2.77. The van der Waals surface area contributed by atoms with Gasteiger partial charge in [-0.1, -0.05) is 62.4 Å². The fourth-order valence-corrected chi connectivity index (χ4v) is 7.79. The van der Waals surface area contributed by atoms with Crippen LogP contribution >= 0.6 is 0 Å². The monoisotopic (exact) mass is 488 g/mol. The molecule has 188 valence electrons. The summed E-state index contributed by atoms with van der Waals surface area (Å²) in [5.74, 6) is -1.61. The van der Waals surface area contributed by atoms with Gasteiger partial charge in [0.2, 0.25) is 11.7 Å². The number of hydrazine groups is 1. The van der Waals surface area contributed by atoms with E-state index in [4.69, 9.17) is 14.5 Å². The van der Waals surface area contributed by atoms with Gasteiger partial charge in [0.05, 0.1) is 5.92 Å². The van der Waals surface area contributed by atoms with Crippen molar-refractivity contribution in [1.82, 2.24) is 10.4 Å². The van der Waals surface area contributed by atoms with Crippen LogP contribution in [0.25, 0.3) is 11.1 Å². The van der Waals surface area contributed by atoms with E-state index in [0.717, 1.165) is 41.5 Å². The average molecular weight is 489 g/mol. The summed E-state index contributed by atoms with van der Waals surface area (Å²) in [5, 5.41) is 1.45. The first-order valence-corrected chi connectivity index (χ1v) is 13.2. The number of nitrogens with zero attached hydrogens (tertiary/aromatic N) is 1. The van der Waals surface area contributed by atoms with Gasteiger partial charge in [-0.25, -0.2) is 14.8 Å². The summed E-state index contributed by atoms with van der Waals surface area (Å²) in [4.78, 5) is 40.1. The standard InChI is InChI=1S/C29H32N2O5/c1-16-12-13-23-17(2)26(33)31(27-29(23)22(16)14-15-28(3,34-27)35-36-29)30-25(32)24-20-10-6-4-8-18(20)19-9-5-7-11-21(19)24/h4-11,16-17,22-24,27H,12-15H2,1-3H3,(H,30,32)/t16-,17-,22+,23+,27-,28?,29-/m1/s1. The summed E-state index contributed by atoms with van der Waals surface area (Å²) in [6.45, 7) is 6.07. The number of fused-ring (bicyclic) bond motifs is 5. The van der Waals surface area contributed by atoms with E-state index in [1.54, 1.807) is 0 Å². The van der Waals surface area contributed by atoms with Crippen molar-refractivity contribution in [2.75, 3.05) is 0 Å². The van der Waals surface area contributed by atoms with Crippen LogP contribution in [0.2, 0.25) is 0 Å². The van der Waals surface area contributed by atoms with Crippen molar-refractivity contribution in [2.24, 2.45) is 23.7 Å². The van der Waals surface area contributed by atoms with Gasteiger partial charge in [0.25, 0.3) is 5.91 Å². The molecule has 7 atom stereocenters. The van der Waals surface area contributed by atoms with Gasteiger partial charge in [-0.15, -0.1) is 0 Å². The predicted octanol–water partition coefficient (Wildman–Crippen LogP) is 4.52. The Morgan fingerprint density at radius 2 is 1.61 bits per heavy atom. The van der Waals surface area contributed by atoms with Crippen molar-refractivity contribution in [3.8, 4) is 11.1 Å². The maximum absolute atomic E-state index is 14.0. The fraction of sp³-hybridized carbons (Fsp3) is 0.517. The topological polar surface area (TPSA) is 77.1 Å². The molecule has 1 N–H and O–H groups in total. The summed E-state index contributed by atoms with van der Waals surface area (Å²) in [7, 11) is 0. The van der Waals surface area contributed by atoms with Crippen LogP contribution < -0.4 is 5.43 Å². The van der Waals surface area contributed by atoms with E-state index in [0.29, 0.717) is 12.3 Å². The zero-order valence-electron chi connectivity index (χ0n) is 20.9. The Bertz CT molecular complexity index is 1220. The number of amides is 2. The van der Waals surface area contributed by atoms with Crippen LogP contribution in [0.3, 0.4) is 0 Å². The Balaban J connectivity index is 1.29. The third-order valence-electron chi connectivity index (χ3n) is 9.59. The normalized spacial score (nSPS) is 38.7. The molecule has 2 aliphatic carbocycles. The molecule has 7 nitrogen and oxygen atoms in total. The summed E-state index contributed by atoms with van der Waals surface area (Å²) < 4.78 is 6.55. The van der Waals surface area contributed by atoms with Crippen molar-refractivity contribution in [3.63, 3.8) is 0 Å². The Morgan fingerprint density at radius 1 is 0.944 bits per heavy atom. The molecule has 4 aliphatic heterocycles. The second kappa shape index (κ2) is 7.63. The van der Waals surface area contributed by atoms with Crippen LogP contribution in [0.1, 0.15) is 63.5 Å². The van der Waals surface area contributed by atoms with Gasteiger partial charge in [-0.05, 0) is 60.3 Å². The Morgan fingerprint density at radius 3 is 2.31 bits per heavy atom. The maximum Gasteiger partial charge on any atom is 0.250 e. The van der Waals surface area contributed by atoms with Crippen LogP contribution in [0.4, 0.5) is 0 Å². The third kappa shape index (κ3) is 2.85. The zero-order valence-corrected chi connectivity index (χ0v) is 20.9. The average Bonchev–Trinajstić information content (AvgIpc) is 3.04. The lowest BCUT2D eigenvalue weighted by atomic mass is 9.57. The number of carbonyl (C=O) groups excluding carboxylic acids is 2. The molecule has 1 unspecified atom stereocenters. The quantitative estimate of drug-likeness (QED) is 0.629. The Kier molecular flexibility index (Phi) is 4.76. The lowest BCUT2D eigenvalue weighted by molar-refractivity contribution is -0.549. The molecule has 4 heterocycles. The molecular formula is C29H32N2O5. The molecule has 8 rings (SSSR count). The molecule has 4 saturated heterocycles. The molecule has 36 heavy (non-hydrogen) atoms. The summed E-state index contributed by atoms with van der Waals surface area (Å²) in [6, 6.07) is 16.0. The molecule has 1 spiro atoms. The molecule has 7 heteroatoms. The number of rotatable bonds is 2. The number of nitrogens with one attached hydrogen (secondary N) is 1. The Hall–Kier alpha value is -2.74. The number of piperidine rings is 1. The van der Waals surface area contributed by atoms with E-state index in [9.17, 15) is 9.59 Å². The summed E-state index contributed by atoms with van der Waals surface area (Å²) in [5.41, 5.74) is 6.24. The van der Waals surface area contributed by atoms with E-state index in [2.05, 4.69) is 12.3 Å². The molecule has 0 aromatic heterocycles. The maximum atomic E-state index is 14.0. The molecular weight excluding hydrogens is 456 g/mol. The second-order valence-corrected chi connectivity index (χ2v) is 11.5. The van der Waals surface area contributed by atoms with Crippen molar-refractivity contribution in [2.45, 2.75) is 70.0 Å². The van der Waals surface area contributed by atoms with E-state index in [1.165, 1.54) is 5.01 Å². The molecule has 2 bridgehead atoms. The van der Waals surface area contributed by atoms with Crippen LogP contribution in [0.15, 0.2) is 48.5 Å². The molecule has 2 amide bonds. The molecule has 2 aromatic rings. The highest BCUT2D eigenvalue weighted by Crippen LogP contribution is 2.60. The van der Waals surface area contributed by atoms with E-state index in [1.807, 2.05) is 62.4 Å². The highest BCUT2D eigenvalue weighted by molar-refractivity contribution is 5.97. The largest absolute Gasteiger partial charge is 0.319 e. The zero-order chi connectivity index (χ0) is 24.8. The van der Waals surface area contributed by atoms with Gasteiger partial charge in [-0.3, -0.25) is 15.0 Å². The number of carbonyl (C=O) groups is 2. The van der Waals surface area contributed by atoms with Gasteiger partial charge in [0.1, 0.15) is 0 Å². The van der Waals surface area contributed by atoms with Crippen LogP contribution in [-0.2, 0) is 24.1 Å². The summed E-state index contributed by atoms with van der Waals surface area (Å²) in [6.07, 6.45) is 2.76. The number of ether oxygens (including phenoxy) is 1. The van der Waals surface area contributed by atoms with Gasteiger partial charge in [0.15, 0.2) is 11.8 Å². The SMILES string of the molecule is C[C@@H]1CC[C@H]2[C@@H](C)C(=O)N(NC(=O)C3c4ccccc4-c4ccccc43)[C@@H]3OC4(C)CC[C@@H]1[C@@]23OO4. The first-order chi connectivity index (χ1) is 17.3. The van der Waals surface area contributed by atoms with Crippen molar-refractivity contribution in [1.29, 1.82) is 0 Å². The minimum Gasteiger partial charge on any atom is -0.319 e. The molecule has 1 saturated carbocycles. The van der Waals surface area contributed by atoms with Crippen molar-refractivity contribution < 1.29 is 24.1 Å². The minimum atomic E-state index is -0.964. The highest BCUT2D eigenvalue weighted by atomic mass is 17.3. The number of hydrogen-bond acceptors (Lipinski definition) is 5.